The van der Waals surface area contributed by atoms with Crippen LogP contribution in [0.2, 0.25) is 0 Å². The largest absolute Gasteiger partial charge is 0.379 e. The molecule has 0 bridgehead atoms. The summed E-state index contributed by atoms with van der Waals surface area (Å²) in [5, 5.41) is 0.529. The number of anilines is 1. The van der Waals surface area contributed by atoms with Gasteiger partial charge in [-0.15, -0.1) is 0 Å². The number of aryl methyl sites for hydroxylation is 2. The smallest absolute Gasteiger partial charge is 0.260 e. The summed E-state index contributed by atoms with van der Waals surface area (Å²) in [4.78, 5) is 21.8. The predicted molar refractivity (Wildman–Crippen MR) is 114 cm³/mol. The molecular formula is C22H24FN3O2S. The fourth-order valence-electron chi connectivity index (χ4n) is 3.40. The molecule has 1 aliphatic heterocycles. The highest BCUT2D eigenvalue weighted by atomic mass is 32.1. The summed E-state index contributed by atoms with van der Waals surface area (Å²) in [7, 11) is 0. The van der Waals surface area contributed by atoms with Gasteiger partial charge in [0.15, 0.2) is 5.13 Å². The second-order valence-electron chi connectivity index (χ2n) is 7.29. The molecule has 2 aromatic carbocycles. The van der Waals surface area contributed by atoms with Crippen LogP contribution in [0.5, 0.6) is 0 Å². The molecule has 152 valence electrons. The highest BCUT2D eigenvalue weighted by Gasteiger charge is 2.23. The first kappa shape index (κ1) is 19.9. The van der Waals surface area contributed by atoms with E-state index in [-0.39, 0.29) is 11.7 Å². The van der Waals surface area contributed by atoms with Crippen LogP contribution in [0.1, 0.15) is 21.5 Å². The van der Waals surface area contributed by atoms with Gasteiger partial charge < -0.3 is 4.74 Å². The minimum absolute atomic E-state index is 0.110. The third kappa shape index (κ3) is 4.32. The van der Waals surface area contributed by atoms with E-state index in [1.807, 2.05) is 38.1 Å². The maximum atomic E-state index is 14.2. The van der Waals surface area contributed by atoms with E-state index in [1.54, 1.807) is 11.0 Å². The first-order valence-electron chi connectivity index (χ1n) is 9.77. The lowest BCUT2D eigenvalue weighted by molar-refractivity contribution is 0.0391. The summed E-state index contributed by atoms with van der Waals surface area (Å²) in [5.41, 5.74) is 3.15. The van der Waals surface area contributed by atoms with Gasteiger partial charge in [0.2, 0.25) is 0 Å². The summed E-state index contributed by atoms with van der Waals surface area (Å²) < 4.78 is 20.3. The number of aromatic nitrogens is 1. The van der Waals surface area contributed by atoms with Gasteiger partial charge in [-0.3, -0.25) is 14.6 Å². The van der Waals surface area contributed by atoms with Crippen molar-refractivity contribution >= 4 is 32.6 Å². The van der Waals surface area contributed by atoms with Crippen molar-refractivity contribution in [1.29, 1.82) is 0 Å². The Balaban J connectivity index is 1.66. The zero-order valence-electron chi connectivity index (χ0n) is 16.7. The molecule has 0 atom stereocenters. The van der Waals surface area contributed by atoms with Crippen molar-refractivity contribution in [2.24, 2.45) is 0 Å². The third-order valence-corrected chi connectivity index (χ3v) is 6.38. The molecule has 5 nitrogen and oxygen atoms in total. The first-order valence-corrected chi connectivity index (χ1v) is 10.6. The molecule has 1 fully saturated rings. The van der Waals surface area contributed by atoms with Crippen molar-refractivity contribution in [3.05, 3.63) is 58.9 Å². The molecule has 3 aromatic rings. The molecule has 0 radical (unpaired) electrons. The number of hydrogen-bond acceptors (Lipinski definition) is 5. The van der Waals surface area contributed by atoms with E-state index >= 15 is 0 Å². The van der Waals surface area contributed by atoms with E-state index < -0.39 is 0 Å². The van der Waals surface area contributed by atoms with Gasteiger partial charge >= 0.3 is 0 Å². The molecule has 1 amide bonds. The van der Waals surface area contributed by atoms with Crippen molar-refractivity contribution < 1.29 is 13.9 Å². The average Bonchev–Trinajstić information content (AvgIpc) is 3.16. The number of carbonyl (C=O) groups is 1. The zero-order valence-corrected chi connectivity index (χ0v) is 17.5. The summed E-state index contributed by atoms with van der Waals surface area (Å²) in [6.45, 7) is 8.34. The topological polar surface area (TPSA) is 45.7 Å². The second kappa shape index (κ2) is 8.57. The van der Waals surface area contributed by atoms with Crippen LogP contribution in [-0.4, -0.2) is 55.2 Å². The van der Waals surface area contributed by atoms with Crippen LogP contribution in [0.4, 0.5) is 9.52 Å². The van der Waals surface area contributed by atoms with E-state index in [9.17, 15) is 9.18 Å². The molecule has 0 N–H and O–H groups in total. The molecule has 0 unspecified atom stereocenters. The van der Waals surface area contributed by atoms with Gasteiger partial charge in [0.25, 0.3) is 5.91 Å². The molecular weight excluding hydrogens is 389 g/mol. The van der Waals surface area contributed by atoms with Crippen LogP contribution in [0.3, 0.4) is 0 Å². The van der Waals surface area contributed by atoms with Crippen molar-refractivity contribution in [3.8, 4) is 0 Å². The molecule has 7 heteroatoms. The van der Waals surface area contributed by atoms with Crippen LogP contribution in [-0.2, 0) is 4.74 Å². The minimum Gasteiger partial charge on any atom is -0.379 e. The molecule has 2 heterocycles. The zero-order chi connectivity index (χ0) is 20.4. The fourth-order valence-corrected chi connectivity index (χ4v) is 4.40. The predicted octanol–water partition coefficient (Wildman–Crippen LogP) is 4.03. The van der Waals surface area contributed by atoms with Crippen LogP contribution in [0, 0.1) is 19.7 Å². The minimum atomic E-state index is -0.364. The van der Waals surface area contributed by atoms with Crippen molar-refractivity contribution in [2.75, 3.05) is 44.3 Å². The number of hydrogen-bond donors (Lipinski definition) is 0. The SMILES string of the molecule is Cc1ccc(C(=O)N(CCN2CCOCC2)c2nc3c(F)cccc3s2)cc1C. The molecule has 1 aliphatic rings. The Bertz CT molecular complexity index is 1030. The number of rotatable bonds is 5. The first-order chi connectivity index (χ1) is 14.0. The third-order valence-electron chi connectivity index (χ3n) is 5.33. The van der Waals surface area contributed by atoms with Crippen LogP contribution < -0.4 is 4.90 Å². The Labute approximate surface area is 173 Å². The molecule has 0 spiro atoms. The number of fused-ring (bicyclic) bond motifs is 1. The Hall–Kier alpha value is -2.35. The molecule has 29 heavy (non-hydrogen) atoms. The monoisotopic (exact) mass is 413 g/mol. The van der Waals surface area contributed by atoms with Gasteiger partial charge in [0, 0.05) is 31.7 Å². The highest BCUT2D eigenvalue weighted by Crippen LogP contribution is 2.31. The van der Waals surface area contributed by atoms with Crippen LogP contribution in [0.25, 0.3) is 10.2 Å². The Morgan fingerprint density at radius 2 is 2.00 bits per heavy atom. The lowest BCUT2D eigenvalue weighted by atomic mass is 10.1. The quantitative estimate of drug-likeness (QED) is 0.634. The Kier molecular flexibility index (Phi) is 5.89. The molecule has 0 saturated carbocycles. The number of amides is 1. The Morgan fingerprint density at radius 1 is 1.21 bits per heavy atom. The van der Waals surface area contributed by atoms with Crippen LogP contribution >= 0.6 is 11.3 Å². The average molecular weight is 414 g/mol. The lowest BCUT2D eigenvalue weighted by Gasteiger charge is -2.29. The lowest BCUT2D eigenvalue weighted by Crippen LogP contribution is -2.43. The van der Waals surface area contributed by atoms with Crippen molar-refractivity contribution in [2.45, 2.75) is 13.8 Å². The summed E-state index contributed by atoms with van der Waals surface area (Å²) in [6.07, 6.45) is 0. The Morgan fingerprint density at radius 3 is 2.72 bits per heavy atom. The van der Waals surface area contributed by atoms with E-state index in [1.165, 1.54) is 17.4 Å². The van der Waals surface area contributed by atoms with E-state index in [2.05, 4.69) is 9.88 Å². The number of ether oxygens (including phenoxy) is 1. The fraction of sp³-hybridized carbons (Fsp3) is 0.364. The molecule has 1 aromatic heterocycles. The molecule has 4 rings (SSSR count). The van der Waals surface area contributed by atoms with Crippen molar-refractivity contribution in [3.63, 3.8) is 0 Å². The van der Waals surface area contributed by atoms with Gasteiger partial charge in [0.05, 0.1) is 17.9 Å². The summed E-state index contributed by atoms with van der Waals surface area (Å²) >= 11 is 1.35. The van der Waals surface area contributed by atoms with Gasteiger partial charge in [-0.1, -0.05) is 23.5 Å². The number of thiazole rings is 1. The maximum absolute atomic E-state index is 14.2. The highest BCUT2D eigenvalue weighted by molar-refractivity contribution is 7.22. The number of carbonyl (C=O) groups excluding carboxylic acids is 1. The second-order valence-corrected chi connectivity index (χ2v) is 8.30. The van der Waals surface area contributed by atoms with Gasteiger partial charge in [0.1, 0.15) is 11.3 Å². The van der Waals surface area contributed by atoms with E-state index in [0.29, 0.717) is 36.0 Å². The molecule has 1 saturated heterocycles. The van der Waals surface area contributed by atoms with Gasteiger partial charge in [-0.05, 0) is 49.2 Å². The maximum Gasteiger partial charge on any atom is 0.260 e. The summed E-state index contributed by atoms with van der Waals surface area (Å²) in [5.74, 6) is -0.474. The van der Waals surface area contributed by atoms with Crippen molar-refractivity contribution in [1.82, 2.24) is 9.88 Å². The standard InChI is InChI=1S/C22H24FN3O2S/c1-15-6-7-17(14-16(15)2)21(27)26(9-8-25-10-12-28-13-11-25)22-24-20-18(23)4-3-5-19(20)29-22/h3-7,14H,8-13H2,1-2H3. The molecule has 0 aliphatic carbocycles. The van der Waals surface area contributed by atoms with E-state index in [4.69, 9.17) is 4.74 Å². The number of nitrogens with zero attached hydrogens (tertiary/aromatic N) is 3. The number of para-hydroxylation sites is 1. The van der Waals surface area contributed by atoms with Crippen LogP contribution in [0.15, 0.2) is 36.4 Å². The van der Waals surface area contributed by atoms with Gasteiger partial charge in [-0.25, -0.2) is 9.37 Å². The van der Waals surface area contributed by atoms with Gasteiger partial charge in [-0.2, -0.15) is 0 Å². The van der Waals surface area contributed by atoms with E-state index in [0.717, 1.165) is 35.5 Å². The summed E-state index contributed by atoms with van der Waals surface area (Å²) in [6, 6.07) is 10.6. The number of benzene rings is 2. The number of morpholine rings is 1. The normalized spacial score (nSPS) is 15.0. The number of halogens is 1.